The third-order valence-corrected chi connectivity index (χ3v) is 3.74. The van der Waals surface area contributed by atoms with E-state index in [1.807, 2.05) is 29.2 Å². The van der Waals surface area contributed by atoms with Crippen LogP contribution in [0.1, 0.15) is 30.1 Å². The fourth-order valence-corrected chi connectivity index (χ4v) is 2.55. The van der Waals surface area contributed by atoms with Gasteiger partial charge in [0.25, 0.3) is 5.91 Å². The van der Waals surface area contributed by atoms with E-state index in [0.29, 0.717) is 0 Å². The average molecular weight is 275 g/mol. The minimum Gasteiger partial charge on any atom is -0.375 e. The minimum absolute atomic E-state index is 0.151. The van der Waals surface area contributed by atoms with Crippen LogP contribution in [0.25, 0.3) is 0 Å². The van der Waals surface area contributed by atoms with Crippen molar-refractivity contribution in [3.63, 3.8) is 0 Å². The van der Waals surface area contributed by atoms with Crippen molar-refractivity contribution in [1.82, 2.24) is 10.2 Å². The van der Waals surface area contributed by atoms with E-state index in [2.05, 4.69) is 24.2 Å². The van der Waals surface area contributed by atoms with Gasteiger partial charge in [0.1, 0.15) is 0 Å². The summed E-state index contributed by atoms with van der Waals surface area (Å²) in [6.45, 7) is 6.75. The molecular weight excluding hydrogens is 250 g/mol. The molecule has 1 aromatic rings. The first-order valence-corrected chi connectivity index (χ1v) is 7.53. The van der Waals surface area contributed by atoms with Crippen molar-refractivity contribution in [2.45, 2.75) is 19.8 Å². The van der Waals surface area contributed by atoms with Crippen LogP contribution in [-0.4, -0.2) is 50.6 Å². The molecule has 1 heterocycles. The third-order valence-electron chi connectivity index (χ3n) is 3.74. The monoisotopic (exact) mass is 275 g/mol. The molecule has 0 unspecified atom stereocenters. The van der Waals surface area contributed by atoms with Crippen molar-refractivity contribution < 1.29 is 4.79 Å². The lowest BCUT2D eigenvalue weighted by Crippen LogP contribution is -2.34. The molecule has 20 heavy (non-hydrogen) atoms. The fourth-order valence-electron chi connectivity index (χ4n) is 2.55. The smallest absolute Gasteiger partial charge is 0.253 e. The predicted octanol–water partition coefficient (Wildman–Crippen LogP) is 1.97. The summed E-state index contributed by atoms with van der Waals surface area (Å²) in [5.41, 5.74) is 1.96. The van der Waals surface area contributed by atoms with Crippen LogP contribution >= 0.6 is 0 Å². The highest BCUT2D eigenvalue weighted by molar-refractivity contribution is 5.94. The van der Waals surface area contributed by atoms with Crippen molar-refractivity contribution in [3.8, 4) is 0 Å². The molecule has 1 fully saturated rings. The molecule has 0 aromatic heterocycles. The molecule has 0 atom stereocenters. The van der Waals surface area contributed by atoms with E-state index in [1.165, 1.54) is 5.69 Å². The molecule has 0 spiro atoms. The van der Waals surface area contributed by atoms with Gasteiger partial charge in [-0.2, -0.15) is 0 Å². The van der Waals surface area contributed by atoms with Crippen molar-refractivity contribution in [2.75, 3.05) is 44.7 Å². The number of anilines is 1. The summed E-state index contributed by atoms with van der Waals surface area (Å²) >= 11 is 0. The fraction of sp³-hybridized carbons (Fsp3) is 0.562. The molecule has 0 bridgehead atoms. The first kappa shape index (κ1) is 14.9. The number of nitrogens with zero attached hydrogens (tertiary/aromatic N) is 2. The Morgan fingerprint density at radius 3 is 2.70 bits per heavy atom. The van der Waals surface area contributed by atoms with Crippen molar-refractivity contribution in [3.05, 3.63) is 29.8 Å². The number of carbonyl (C=O) groups excluding carboxylic acids is 1. The van der Waals surface area contributed by atoms with Crippen LogP contribution in [0.4, 0.5) is 5.69 Å². The van der Waals surface area contributed by atoms with Crippen LogP contribution in [0.5, 0.6) is 0 Å². The van der Waals surface area contributed by atoms with Gasteiger partial charge >= 0.3 is 0 Å². The molecular formula is C16H25N3O. The molecule has 2 rings (SSSR count). The second-order valence-corrected chi connectivity index (χ2v) is 5.36. The summed E-state index contributed by atoms with van der Waals surface area (Å²) in [6, 6.07) is 7.97. The summed E-state index contributed by atoms with van der Waals surface area (Å²) in [6.07, 6.45) is 2.15. The lowest BCUT2D eigenvalue weighted by atomic mass is 10.1. The van der Waals surface area contributed by atoms with Crippen LogP contribution in [0.15, 0.2) is 24.3 Å². The molecule has 1 aliphatic rings. The van der Waals surface area contributed by atoms with Crippen molar-refractivity contribution >= 4 is 11.6 Å². The normalized spacial score (nSPS) is 15.8. The van der Waals surface area contributed by atoms with E-state index < -0.39 is 0 Å². The quantitative estimate of drug-likeness (QED) is 0.912. The highest BCUT2D eigenvalue weighted by Gasteiger charge is 2.16. The molecule has 0 saturated carbocycles. The van der Waals surface area contributed by atoms with Gasteiger partial charge in [-0.05, 0) is 43.7 Å². The first-order valence-electron chi connectivity index (χ1n) is 7.53. The number of hydrogen-bond acceptors (Lipinski definition) is 3. The van der Waals surface area contributed by atoms with Crippen LogP contribution < -0.4 is 10.2 Å². The molecule has 1 saturated heterocycles. The number of benzene rings is 1. The Kier molecular flexibility index (Phi) is 5.41. The SMILES string of the molecule is CCCN(C)c1ccc(C(=O)N2CCCNCC2)cc1. The van der Waals surface area contributed by atoms with Gasteiger partial charge in [-0.3, -0.25) is 4.79 Å². The van der Waals surface area contributed by atoms with Gasteiger partial charge in [-0.15, -0.1) is 0 Å². The Balaban J connectivity index is 2.03. The van der Waals surface area contributed by atoms with E-state index >= 15 is 0 Å². The lowest BCUT2D eigenvalue weighted by molar-refractivity contribution is 0.0766. The number of amides is 1. The maximum absolute atomic E-state index is 12.4. The zero-order valence-corrected chi connectivity index (χ0v) is 12.6. The van der Waals surface area contributed by atoms with E-state index in [0.717, 1.165) is 51.1 Å². The highest BCUT2D eigenvalue weighted by atomic mass is 16.2. The Hall–Kier alpha value is -1.55. The molecule has 1 aliphatic heterocycles. The highest BCUT2D eigenvalue weighted by Crippen LogP contribution is 2.15. The zero-order chi connectivity index (χ0) is 14.4. The minimum atomic E-state index is 0.151. The average Bonchev–Trinajstić information content (AvgIpc) is 2.76. The molecule has 0 aliphatic carbocycles. The second kappa shape index (κ2) is 7.29. The topological polar surface area (TPSA) is 35.6 Å². The van der Waals surface area contributed by atoms with Gasteiger partial charge < -0.3 is 15.1 Å². The Morgan fingerprint density at radius 2 is 2.00 bits per heavy atom. The predicted molar refractivity (Wildman–Crippen MR) is 83.4 cm³/mol. The number of carbonyl (C=O) groups is 1. The number of nitrogens with one attached hydrogen (secondary N) is 1. The molecule has 4 heteroatoms. The van der Waals surface area contributed by atoms with Crippen LogP contribution in [-0.2, 0) is 0 Å². The molecule has 0 radical (unpaired) electrons. The largest absolute Gasteiger partial charge is 0.375 e. The lowest BCUT2D eigenvalue weighted by Gasteiger charge is -2.21. The summed E-state index contributed by atoms with van der Waals surface area (Å²) in [5.74, 6) is 0.151. The molecule has 4 nitrogen and oxygen atoms in total. The van der Waals surface area contributed by atoms with Gasteiger partial charge in [0.15, 0.2) is 0 Å². The zero-order valence-electron chi connectivity index (χ0n) is 12.6. The van der Waals surface area contributed by atoms with E-state index in [1.54, 1.807) is 0 Å². The van der Waals surface area contributed by atoms with Crippen molar-refractivity contribution in [1.29, 1.82) is 0 Å². The maximum Gasteiger partial charge on any atom is 0.253 e. The summed E-state index contributed by atoms with van der Waals surface area (Å²) in [4.78, 5) is 16.6. The van der Waals surface area contributed by atoms with E-state index in [4.69, 9.17) is 0 Å². The van der Waals surface area contributed by atoms with Gasteiger partial charge in [0.2, 0.25) is 0 Å². The van der Waals surface area contributed by atoms with Gasteiger partial charge in [0, 0.05) is 44.5 Å². The molecule has 1 N–H and O–H groups in total. The Labute approximate surface area is 121 Å². The van der Waals surface area contributed by atoms with Gasteiger partial charge in [-0.1, -0.05) is 6.92 Å². The number of rotatable bonds is 4. The molecule has 1 amide bonds. The van der Waals surface area contributed by atoms with Crippen LogP contribution in [0.2, 0.25) is 0 Å². The molecule has 110 valence electrons. The van der Waals surface area contributed by atoms with Crippen molar-refractivity contribution in [2.24, 2.45) is 0 Å². The van der Waals surface area contributed by atoms with Crippen LogP contribution in [0.3, 0.4) is 0 Å². The van der Waals surface area contributed by atoms with Gasteiger partial charge in [0.05, 0.1) is 0 Å². The third kappa shape index (κ3) is 3.73. The number of hydrogen-bond donors (Lipinski definition) is 1. The standard InChI is InChI=1S/C16H25N3O/c1-3-11-18(2)15-7-5-14(6-8-15)16(20)19-12-4-9-17-10-13-19/h5-8,17H,3-4,9-13H2,1-2H3. The van der Waals surface area contributed by atoms with Gasteiger partial charge in [-0.25, -0.2) is 0 Å². The molecule has 1 aromatic carbocycles. The Bertz CT molecular complexity index is 422. The van der Waals surface area contributed by atoms with Crippen LogP contribution in [0, 0.1) is 0 Å². The first-order chi connectivity index (χ1) is 9.72. The second-order valence-electron chi connectivity index (χ2n) is 5.36. The Morgan fingerprint density at radius 1 is 1.25 bits per heavy atom. The summed E-state index contributed by atoms with van der Waals surface area (Å²) < 4.78 is 0. The maximum atomic E-state index is 12.4. The van der Waals surface area contributed by atoms with E-state index in [9.17, 15) is 4.79 Å². The summed E-state index contributed by atoms with van der Waals surface area (Å²) in [5, 5.41) is 3.32. The van der Waals surface area contributed by atoms with E-state index in [-0.39, 0.29) is 5.91 Å². The summed E-state index contributed by atoms with van der Waals surface area (Å²) in [7, 11) is 2.08.